The molecule has 1 fully saturated rings. The molecule has 0 spiro atoms. The number of nitrogens with one attached hydrogen (secondary N) is 1. The number of fused-ring (bicyclic) bond motifs is 1. The average Bonchev–Trinajstić information content (AvgIpc) is 3.33. The second kappa shape index (κ2) is 6.25. The number of aromatic nitrogens is 4. The number of hydrogen-bond donors (Lipinski definition) is 1. The number of carbonyl (C=O) groups is 1. The molecule has 1 heterocycles. The number of Topliss-reactive ketones (excluding diaryl/α,β-unsaturated/α-hetero) is 1. The molecule has 1 atom stereocenters. The first-order valence-electron chi connectivity index (χ1n) is 8.42. The van der Waals surface area contributed by atoms with Gasteiger partial charge in [-0.05, 0) is 47.2 Å². The van der Waals surface area contributed by atoms with E-state index in [2.05, 4.69) is 27.5 Å². The summed E-state index contributed by atoms with van der Waals surface area (Å²) in [6.07, 6.45) is 5.27. The highest BCUT2D eigenvalue weighted by molar-refractivity contribution is 6.45. The maximum Gasteiger partial charge on any atom is 0.186 e. The Balaban J connectivity index is 1.65. The third-order valence-corrected chi connectivity index (χ3v) is 6.42. The van der Waals surface area contributed by atoms with E-state index >= 15 is 0 Å². The minimum absolute atomic E-state index is 0.118. The van der Waals surface area contributed by atoms with Crippen LogP contribution in [0.25, 0.3) is 0 Å². The number of H-pyrrole nitrogens is 1. The highest BCUT2D eigenvalue weighted by atomic mass is 35.5. The summed E-state index contributed by atoms with van der Waals surface area (Å²) in [6.45, 7) is 2.21. The lowest BCUT2D eigenvalue weighted by molar-refractivity contribution is 0.0744. The zero-order valence-electron chi connectivity index (χ0n) is 13.8. The largest absolute Gasteiger partial charge is 0.484 e. The minimum atomic E-state index is -0.390. The summed E-state index contributed by atoms with van der Waals surface area (Å²) in [5.74, 6) is 1.46. The van der Waals surface area contributed by atoms with E-state index in [1.807, 2.05) is 6.07 Å². The van der Waals surface area contributed by atoms with Crippen molar-refractivity contribution in [2.75, 3.05) is 0 Å². The summed E-state index contributed by atoms with van der Waals surface area (Å²) in [5.41, 5.74) is 1.09. The van der Waals surface area contributed by atoms with Gasteiger partial charge >= 0.3 is 0 Å². The maximum atomic E-state index is 13.1. The first-order chi connectivity index (χ1) is 12.0. The molecule has 0 saturated heterocycles. The summed E-state index contributed by atoms with van der Waals surface area (Å²) in [6, 6.07) is 1.84. The molecule has 0 amide bonds. The van der Waals surface area contributed by atoms with E-state index in [4.69, 9.17) is 27.9 Å². The molecule has 2 aromatic rings. The number of carbonyl (C=O) groups excluding carboxylic acids is 1. The van der Waals surface area contributed by atoms with E-state index in [0.717, 1.165) is 18.4 Å². The van der Waals surface area contributed by atoms with Crippen LogP contribution in [0.2, 0.25) is 10.0 Å². The van der Waals surface area contributed by atoms with Crippen LogP contribution < -0.4 is 4.74 Å². The molecule has 1 aromatic heterocycles. The second-order valence-electron chi connectivity index (χ2n) is 7.08. The van der Waals surface area contributed by atoms with Crippen molar-refractivity contribution in [2.24, 2.45) is 11.3 Å². The van der Waals surface area contributed by atoms with Gasteiger partial charge in [0.05, 0.1) is 5.02 Å². The standard InChI is InChI=1S/C17H18Cl2N4O2/c1-17(10-4-2-3-5-10)7-9-6-11(25-8-12-20-22-23-21-12)14(18)15(19)13(9)16(17)24/h6,10H,2-5,7-8H2,1H3,(H,20,21,22,23). The van der Waals surface area contributed by atoms with Crippen LogP contribution in [0.1, 0.15) is 54.4 Å². The topological polar surface area (TPSA) is 80.8 Å². The molecular formula is C17H18Cl2N4O2. The Morgan fingerprint density at radius 2 is 2.08 bits per heavy atom. The quantitative estimate of drug-likeness (QED) is 0.865. The average molecular weight is 381 g/mol. The molecule has 0 radical (unpaired) electrons. The third-order valence-electron chi connectivity index (χ3n) is 5.57. The van der Waals surface area contributed by atoms with Crippen LogP contribution in [0, 0.1) is 11.3 Å². The van der Waals surface area contributed by atoms with Crippen LogP contribution in [0.4, 0.5) is 0 Å². The summed E-state index contributed by atoms with van der Waals surface area (Å²) in [5, 5.41) is 13.9. The Bertz CT molecular complexity index is 819. The molecule has 1 N–H and O–H groups in total. The number of tetrazole rings is 1. The molecular weight excluding hydrogens is 363 g/mol. The van der Waals surface area contributed by atoms with Crippen LogP contribution in [0.5, 0.6) is 5.75 Å². The van der Waals surface area contributed by atoms with Gasteiger partial charge in [0.1, 0.15) is 17.4 Å². The third kappa shape index (κ3) is 2.72. The fourth-order valence-electron chi connectivity index (χ4n) is 4.18. The van der Waals surface area contributed by atoms with Crippen molar-refractivity contribution in [1.82, 2.24) is 20.6 Å². The number of nitrogens with zero attached hydrogens (tertiary/aromatic N) is 3. The Hall–Kier alpha value is -1.66. The van der Waals surface area contributed by atoms with E-state index in [1.165, 1.54) is 12.8 Å². The predicted octanol–water partition coefficient (Wildman–Crippen LogP) is 4.02. The summed E-state index contributed by atoms with van der Waals surface area (Å²) < 4.78 is 5.71. The monoisotopic (exact) mass is 380 g/mol. The number of ether oxygens (including phenoxy) is 1. The van der Waals surface area contributed by atoms with Crippen LogP contribution in [0.15, 0.2) is 6.07 Å². The predicted molar refractivity (Wildman–Crippen MR) is 93.1 cm³/mol. The first kappa shape index (κ1) is 16.8. The zero-order valence-corrected chi connectivity index (χ0v) is 15.3. The molecule has 1 saturated carbocycles. The number of hydrogen-bond acceptors (Lipinski definition) is 5. The molecule has 1 unspecified atom stereocenters. The van der Waals surface area contributed by atoms with Crippen LogP contribution in [0.3, 0.4) is 0 Å². The lowest BCUT2D eigenvalue weighted by Gasteiger charge is -2.29. The molecule has 1 aromatic carbocycles. The van der Waals surface area contributed by atoms with Crippen molar-refractivity contribution in [2.45, 2.75) is 45.6 Å². The maximum absolute atomic E-state index is 13.1. The lowest BCUT2D eigenvalue weighted by atomic mass is 9.73. The highest BCUT2D eigenvalue weighted by Crippen LogP contribution is 2.52. The molecule has 0 bridgehead atoms. The molecule has 2 aliphatic rings. The molecule has 4 rings (SSSR count). The first-order valence-corrected chi connectivity index (χ1v) is 9.17. The van der Waals surface area contributed by atoms with Gasteiger partial charge in [0.2, 0.25) is 0 Å². The number of aromatic amines is 1. The number of benzene rings is 1. The van der Waals surface area contributed by atoms with Crippen molar-refractivity contribution >= 4 is 29.0 Å². The van der Waals surface area contributed by atoms with Gasteiger partial charge in [-0.1, -0.05) is 43.0 Å². The highest BCUT2D eigenvalue weighted by Gasteiger charge is 2.49. The van der Waals surface area contributed by atoms with Gasteiger partial charge in [-0.15, -0.1) is 5.10 Å². The fourth-order valence-corrected chi connectivity index (χ4v) is 4.69. The van der Waals surface area contributed by atoms with Crippen LogP contribution in [-0.2, 0) is 13.0 Å². The van der Waals surface area contributed by atoms with Gasteiger partial charge in [-0.2, -0.15) is 0 Å². The molecule has 6 nitrogen and oxygen atoms in total. The van der Waals surface area contributed by atoms with E-state index in [0.29, 0.717) is 29.5 Å². The van der Waals surface area contributed by atoms with Crippen molar-refractivity contribution in [3.8, 4) is 5.75 Å². The van der Waals surface area contributed by atoms with E-state index in [9.17, 15) is 4.79 Å². The van der Waals surface area contributed by atoms with Gasteiger partial charge in [0.25, 0.3) is 0 Å². The molecule has 25 heavy (non-hydrogen) atoms. The Labute approximate surface area is 155 Å². The Kier molecular flexibility index (Phi) is 4.20. The van der Waals surface area contributed by atoms with Gasteiger partial charge in [-0.25, -0.2) is 5.10 Å². The summed E-state index contributed by atoms with van der Waals surface area (Å²) in [7, 11) is 0. The summed E-state index contributed by atoms with van der Waals surface area (Å²) >= 11 is 12.8. The van der Waals surface area contributed by atoms with Crippen LogP contribution >= 0.6 is 23.2 Å². The Morgan fingerprint density at radius 3 is 2.76 bits per heavy atom. The van der Waals surface area contributed by atoms with Crippen molar-refractivity contribution in [1.29, 1.82) is 0 Å². The van der Waals surface area contributed by atoms with Gasteiger partial charge < -0.3 is 4.74 Å². The van der Waals surface area contributed by atoms with E-state index < -0.39 is 0 Å². The lowest BCUT2D eigenvalue weighted by Crippen LogP contribution is -2.32. The van der Waals surface area contributed by atoms with Gasteiger partial charge in [0, 0.05) is 11.0 Å². The number of halogens is 2. The van der Waals surface area contributed by atoms with Crippen molar-refractivity contribution < 1.29 is 9.53 Å². The minimum Gasteiger partial charge on any atom is -0.484 e. The summed E-state index contributed by atoms with van der Waals surface area (Å²) in [4.78, 5) is 13.1. The molecule has 0 aliphatic heterocycles. The van der Waals surface area contributed by atoms with Gasteiger partial charge in [0.15, 0.2) is 11.6 Å². The number of rotatable bonds is 4. The fraction of sp³-hybridized carbons (Fsp3) is 0.529. The van der Waals surface area contributed by atoms with E-state index in [-0.39, 0.29) is 27.9 Å². The normalized spacial score (nSPS) is 23.2. The Morgan fingerprint density at radius 1 is 1.32 bits per heavy atom. The van der Waals surface area contributed by atoms with Crippen molar-refractivity contribution in [3.05, 3.63) is 33.1 Å². The number of ketones is 1. The zero-order chi connectivity index (χ0) is 17.6. The van der Waals surface area contributed by atoms with Crippen LogP contribution in [-0.4, -0.2) is 26.4 Å². The van der Waals surface area contributed by atoms with Gasteiger partial charge in [-0.3, -0.25) is 4.79 Å². The molecule has 2 aliphatic carbocycles. The second-order valence-corrected chi connectivity index (χ2v) is 7.83. The van der Waals surface area contributed by atoms with E-state index in [1.54, 1.807) is 0 Å². The van der Waals surface area contributed by atoms with Crippen molar-refractivity contribution in [3.63, 3.8) is 0 Å². The molecule has 132 valence electrons. The molecule has 8 heteroatoms. The SMILES string of the molecule is CC1(C2CCCC2)Cc2cc(OCc3nnn[nH]3)c(Cl)c(Cl)c2C1=O. The smallest absolute Gasteiger partial charge is 0.186 e.